The number of hydrogen-bond acceptors (Lipinski definition) is 2. The van der Waals surface area contributed by atoms with Crippen molar-refractivity contribution in [3.63, 3.8) is 0 Å². The molecule has 2 saturated carbocycles. The van der Waals surface area contributed by atoms with Crippen LogP contribution in [0.4, 0.5) is 0 Å². The van der Waals surface area contributed by atoms with Gasteiger partial charge in [0.2, 0.25) is 0 Å². The van der Waals surface area contributed by atoms with Crippen molar-refractivity contribution in [2.45, 2.75) is 51.1 Å². The molecule has 14 heavy (non-hydrogen) atoms. The van der Waals surface area contributed by atoms with Gasteiger partial charge in [0.25, 0.3) is 0 Å². The minimum atomic E-state index is 0.489. The van der Waals surface area contributed by atoms with Gasteiger partial charge in [0.15, 0.2) is 0 Å². The van der Waals surface area contributed by atoms with Crippen LogP contribution in [0, 0.1) is 17.8 Å². The summed E-state index contributed by atoms with van der Waals surface area (Å²) in [5.41, 5.74) is 0. The lowest BCUT2D eigenvalue weighted by molar-refractivity contribution is -0.119. The van der Waals surface area contributed by atoms with Crippen LogP contribution in [-0.4, -0.2) is 17.9 Å². The maximum atomic E-state index is 11.5. The largest absolute Gasteiger partial charge is 0.310 e. The minimum absolute atomic E-state index is 0.489. The second kappa shape index (κ2) is 3.06. The van der Waals surface area contributed by atoms with Gasteiger partial charge in [-0.2, -0.15) is 0 Å². The van der Waals surface area contributed by atoms with E-state index in [0.29, 0.717) is 11.8 Å². The molecule has 3 aliphatic rings. The third-order valence-electron chi connectivity index (χ3n) is 4.55. The van der Waals surface area contributed by atoms with Crippen LogP contribution in [0.1, 0.15) is 39.0 Å². The summed E-state index contributed by atoms with van der Waals surface area (Å²) in [5, 5.41) is 3.69. The summed E-state index contributed by atoms with van der Waals surface area (Å²) in [6, 6.07) is 1.27. The SMILES string of the molecule is CC1CC2N[C@H]3CC(=O)CCC2C3C1. The molecule has 3 fully saturated rings. The van der Waals surface area contributed by atoms with Crippen LogP contribution in [0.3, 0.4) is 0 Å². The summed E-state index contributed by atoms with van der Waals surface area (Å²) in [5.74, 6) is 2.99. The van der Waals surface area contributed by atoms with Crippen molar-refractivity contribution in [2.24, 2.45) is 17.8 Å². The summed E-state index contributed by atoms with van der Waals surface area (Å²) >= 11 is 0. The topological polar surface area (TPSA) is 29.1 Å². The van der Waals surface area contributed by atoms with E-state index < -0.39 is 0 Å². The van der Waals surface area contributed by atoms with Gasteiger partial charge in [-0.15, -0.1) is 0 Å². The zero-order valence-electron chi connectivity index (χ0n) is 8.83. The highest BCUT2D eigenvalue weighted by Gasteiger charge is 2.48. The number of ketones is 1. The smallest absolute Gasteiger partial charge is 0.134 e. The lowest BCUT2D eigenvalue weighted by Gasteiger charge is -2.32. The van der Waals surface area contributed by atoms with E-state index in [9.17, 15) is 4.79 Å². The Labute approximate surface area is 85.4 Å². The molecule has 0 radical (unpaired) electrons. The molecule has 5 atom stereocenters. The Morgan fingerprint density at radius 1 is 1.21 bits per heavy atom. The average molecular weight is 193 g/mol. The van der Waals surface area contributed by atoms with Crippen molar-refractivity contribution in [1.29, 1.82) is 0 Å². The lowest BCUT2D eigenvalue weighted by Crippen LogP contribution is -2.35. The molecule has 1 heterocycles. The van der Waals surface area contributed by atoms with Crippen LogP contribution in [0.25, 0.3) is 0 Å². The highest BCUT2D eigenvalue weighted by Crippen LogP contribution is 2.46. The molecule has 2 heteroatoms. The minimum Gasteiger partial charge on any atom is -0.310 e. The van der Waals surface area contributed by atoms with Crippen molar-refractivity contribution in [3.8, 4) is 0 Å². The molecule has 0 aromatic carbocycles. The monoisotopic (exact) mass is 193 g/mol. The molecule has 3 rings (SSSR count). The predicted molar refractivity (Wildman–Crippen MR) is 54.9 cm³/mol. The predicted octanol–water partition coefficient (Wildman–Crippen LogP) is 1.74. The molecule has 1 aliphatic heterocycles. The second-order valence-electron chi connectivity index (χ2n) is 5.57. The zero-order chi connectivity index (χ0) is 9.71. The normalized spacial score (nSPS) is 51.8. The lowest BCUT2D eigenvalue weighted by atomic mass is 9.72. The first-order valence-corrected chi connectivity index (χ1v) is 6.02. The Bertz CT molecular complexity index is 263. The van der Waals surface area contributed by atoms with Gasteiger partial charge in [0, 0.05) is 24.9 Å². The van der Waals surface area contributed by atoms with Gasteiger partial charge >= 0.3 is 0 Å². The zero-order valence-corrected chi connectivity index (χ0v) is 8.83. The summed E-state index contributed by atoms with van der Waals surface area (Å²) in [6.45, 7) is 2.36. The van der Waals surface area contributed by atoms with Crippen LogP contribution in [0.5, 0.6) is 0 Å². The van der Waals surface area contributed by atoms with Crippen LogP contribution in [0.15, 0.2) is 0 Å². The fourth-order valence-corrected chi connectivity index (χ4v) is 4.00. The third-order valence-corrected chi connectivity index (χ3v) is 4.55. The van der Waals surface area contributed by atoms with Crippen LogP contribution in [-0.2, 0) is 4.79 Å². The third kappa shape index (κ3) is 1.23. The van der Waals surface area contributed by atoms with E-state index in [1.54, 1.807) is 0 Å². The molecule has 2 aliphatic carbocycles. The highest BCUT2D eigenvalue weighted by molar-refractivity contribution is 5.79. The summed E-state index contributed by atoms with van der Waals surface area (Å²) in [6.07, 6.45) is 5.51. The molecule has 4 unspecified atom stereocenters. The molecule has 0 spiro atoms. The summed E-state index contributed by atoms with van der Waals surface area (Å²) in [7, 11) is 0. The standard InChI is InChI=1S/C12H19NO/c1-7-4-10-9-3-2-8(14)6-12(10)13-11(9)5-7/h7,9-13H,2-6H2,1H3/t7?,9?,10?,11?,12-/m0/s1. The Balaban J connectivity index is 1.87. The fraction of sp³-hybridized carbons (Fsp3) is 0.917. The number of Topliss-reactive ketones (excluding diaryl/α,β-unsaturated/α-hetero) is 1. The summed E-state index contributed by atoms with van der Waals surface area (Å²) < 4.78 is 0. The molecule has 78 valence electrons. The van der Waals surface area contributed by atoms with Crippen molar-refractivity contribution in [1.82, 2.24) is 5.32 Å². The van der Waals surface area contributed by atoms with Crippen LogP contribution >= 0.6 is 0 Å². The first-order chi connectivity index (χ1) is 6.74. The number of rotatable bonds is 0. The molecule has 1 N–H and O–H groups in total. The number of carbonyl (C=O) groups is 1. The van der Waals surface area contributed by atoms with Crippen molar-refractivity contribution < 1.29 is 4.79 Å². The van der Waals surface area contributed by atoms with Gasteiger partial charge in [-0.1, -0.05) is 6.92 Å². The Morgan fingerprint density at radius 3 is 2.93 bits per heavy atom. The van der Waals surface area contributed by atoms with Crippen molar-refractivity contribution >= 4 is 5.78 Å². The quantitative estimate of drug-likeness (QED) is 0.635. The fourth-order valence-electron chi connectivity index (χ4n) is 4.00. The molecule has 2 nitrogen and oxygen atoms in total. The van der Waals surface area contributed by atoms with E-state index in [4.69, 9.17) is 0 Å². The van der Waals surface area contributed by atoms with E-state index in [1.807, 2.05) is 0 Å². The van der Waals surface area contributed by atoms with Gasteiger partial charge in [-0.05, 0) is 37.0 Å². The highest BCUT2D eigenvalue weighted by atomic mass is 16.1. The number of hydrogen-bond donors (Lipinski definition) is 1. The van der Waals surface area contributed by atoms with Gasteiger partial charge < -0.3 is 5.32 Å². The summed E-state index contributed by atoms with van der Waals surface area (Å²) in [4.78, 5) is 11.5. The van der Waals surface area contributed by atoms with Gasteiger partial charge in [-0.25, -0.2) is 0 Å². The van der Waals surface area contributed by atoms with Gasteiger partial charge in [0.05, 0.1) is 0 Å². The van der Waals surface area contributed by atoms with Gasteiger partial charge in [-0.3, -0.25) is 4.79 Å². The molecule has 0 aromatic heterocycles. The van der Waals surface area contributed by atoms with E-state index >= 15 is 0 Å². The van der Waals surface area contributed by atoms with E-state index in [0.717, 1.165) is 43.1 Å². The Morgan fingerprint density at radius 2 is 2.07 bits per heavy atom. The average Bonchev–Trinajstić information content (AvgIpc) is 2.28. The molecule has 4 bridgehead atoms. The Kier molecular flexibility index (Phi) is 1.94. The Hall–Kier alpha value is -0.370. The van der Waals surface area contributed by atoms with Crippen LogP contribution in [0.2, 0.25) is 0 Å². The van der Waals surface area contributed by atoms with E-state index in [1.165, 1.54) is 12.8 Å². The van der Waals surface area contributed by atoms with E-state index in [-0.39, 0.29) is 0 Å². The van der Waals surface area contributed by atoms with E-state index in [2.05, 4.69) is 12.2 Å². The van der Waals surface area contributed by atoms with Crippen molar-refractivity contribution in [3.05, 3.63) is 0 Å². The molecule has 0 aromatic rings. The first kappa shape index (κ1) is 8.90. The molecule has 0 amide bonds. The molecule has 1 saturated heterocycles. The number of nitrogens with one attached hydrogen (secondary N) is 1. The van der Waals surface area contributed by atoms with Gasteiger partial charge in [0.1, 0.15) is 5.78 Å². The second-order valence-corrected chi connectivity index (χ2v) is 5.57. The van der Waals surface area contributed by atoms with Crippen LogP contribution < -0.4 is 5.32 Å². The molecular weight excluding hydrogens is 174 g/mol. The maximum absolute atomic E-state index is 11.5. The number of carbonyl (C=O) groups excluding carboxylic acids is 1. The maximum Gasteiger partial charge on any atom is 0.134 e. The molecular formula is C12H19NO. The van der Waals surface area contributed by atoms with Crippen molar-refractivity contribution in [2.75, 3.05) is 0 Å². The first-order valence-electron chi connectivity index (χ1n) is 6.02.